The fourth-order valence-electron chi connectivity index (χ4n) is 2.34. The van der Waals surface area contributed by atoms with Gasteiger partial charge in [-0.3, -0.25) is 0 Å². The van der Waals surface area contributed by atoms with Crippen molar-refractivity contribution in [2.45, 2.75) is 32.6 Å². The number of hydrogen-bond donors (Lipinski definition) is 1. The number of aromatic nitrogens is 2. The third-order valence-electron chi connectivity index (χ3n) is 3.22. The lowest BCUT2D eigenvalue weighted by Gasteiger charge is -2.10. The predicted octanol–water partition coefficient (Wildman–Crippen LogP) is 3.52. The molecule has 0 unspecified atom stereocenters. The Hall–Kier alpha value is -1.42. The van der Waals surface area contributed by atoms with Crippen LogP contribution in [0, 0.1) is 0 Å². The van der Waals surface area contributed by atoms with Crippen molar-refractivity contribution in [3.05, 3.63) is 28.8 Å². The fourth-order valence-corrected chi connectivity index (χ4v) is 3.00. The first-order valence-electron chi connectivity index (χ1n) is 6.56. The van der Waals surface area contributed by atoms with Gasteiger partial charge < -0.3 is 5.32 Å². The molecule has 1 aliphatic carbocycles. The van der Waals surface area contributed by atoms with Gasteiger partial charge in [-0.2, -0.15) is 0 Å². The number of anilines is 1. The minimum Gasteiger partial charge on any atom is -0.370 e. The summed E-state index contributed by atoms with van der Waals surface area (Å²) < 4.78 is 0. The Morgan fingerprint density at radius 2 is 2.28 bits per heavy atom. The van der Waals surface area contributed by atoms with Crippen molar-refractivity contribution < 1.29 is 0 Å². The first kappa shape index (κ1) is 11.7. The van der Waals surface area contributed by atoms with Crippen LogP contribution in [0.3, 0.4) is 0 Å². The third-order valence-corrected chi connectivity index (χ3v) is 4.08. The van der Waals surface area contributed by atoms with Gasteiger partial charge in [0.15, 0.2) is 5.82 Å². The molecular formula is C14H17N3S. The van der Waals surface area contributed by atoms with E-state index in [4.69, 9.17) is 9.97 Å². The summed E-state index contributed by atoms with van der Waals surface area (Å²) in [7, 11) is 0. The molecule has 2 aromatic rings. The zero-order valence-electron chi connectivity index (χ0n) is 10.6. The maximum Gasteiger partial charge on any atom is 0.171 e. The molecule has 3 nitrogen and oxygen atoms in total. The highest BCUT2D eigenvalue weighted by molar-refractivity contribution is 7.13. The fraction of sp³-hybridized carbons (Fsp3) is 0.429. The molecule has 2 aromatic heterocycles. The molecule has 0 saturated carbocycles. The van der Waals surface area contributed by atoms with Crippen molar-refractivity contribution in [2.24, 2.45) is 0 Å². The first-order chi connectivity index (χ1) is 8.88. The number of thiophene rings is 1. The number of nitrogens with zero attached hydrogens (tertiary/aromatic N) is 2. The standard InChI is InChI=1S/C14H17N3S/c1-2-8-15-13-10-5-3-6-11(10)16-14(17-13)12-7-4-9-18-12/h4,7,9H,2-3,5-6,8H2,1H3,(H,15,16,17). The highest BCUT2D eigenvalue weighted by Crippen LogP contribution is 2.30. The van der Waals surface area contributed by atoms with Gasteiger partial charge in [-0.15, -0.1) is 11.3 Å². The molecule has 94 valence electrons. The highest BCUT2D eigenvalue weighted by atomic mass is 32.1. The summed E-state index contributed by atoms with van der Waals surface area (Å²) in [5.41, 5.74) is 2.58. The van der Waals surface area contributed by atoms with E-state index in [-0.39, 0.29) is 0 Å². The number of nitrogens with one attached hydrogen (secondary N) is 1. The van der Waals surface area contributed by atoms with Gasteiger partial charge in [-0.25, -0.2) is 9.97 Å². The van der Waals surface area contributed by atoms with E-state index < -0.39 is 0 Å². The molecular weight excluding hydrogens is 242 g/mol. The number of rotatable bonds is 4. The molecule has 3 rings (SSSR count). The Morgan fingerprint density at radius 3 is 3.06 bits per heavy atom. The molecule has 0 bridgehead atoms. The average molecular weight is 259 g/mol. The molecule has 0 aliphatic heterocycles. The second kappa shape index (κ2) is 5.06. The summed E-state index contributed by atoms with van der Waals surface area (Å²) in [5, 5.41) is 5.53. The maximum atomic E-state index is 4.72. The van der Waals surface area contributed by atoms with Crippen molar-refractivity contribution in [1.82, 2.24) is 9.97 Å². The molecule has 1 aliphatic rings. The summed E-state index contributed by atoms with van der Waals surface area (Å²) in [6, 6.07) is 4.14. The minimum absolute atomic E-state index is 0.879. The predicted molar refractivity (Wildman–Crippen MR) is 76.2 cm³/mol. The van der Waals surface area contributed by atoms with Crippen LogP contribution in [-0.4, -0.2) is 16.5 Å². The summed E-state index contributed by atoms with van der Waals surface area (Å²) in [5.74, 6) is 1.94. The smallest absolute Gasteiger partial charge is 0.171 e. The van der Waals surface area contributed by atoms with E-state index in [0.717, 1.165) is 42.3 Å². The molecule has 0 fully saturated rings. The van der Waals surface area contributed by atoms with Crippen LogP contribution in [0.5, 0.6) is 0 Å². The first-order valence-corrected chi connectivity index (χ1v) is 7.44. The molecule has 2 heterocycles. The summed E-state index contributed by atoms with van der Waals surface area (Å²) in [6.07, 6.45) is 4.54. The normalized spacial score (nSPS) is 13.6. The zero-order chi connectivity index (χ0) is 12.4. The minimum atomic E-state index is 0.879. The Morgan fingerprint density at radius 1 is 1.33 bits per heavy atom. The van der Waals surface area contributed by atoms with Crippen molar-refractivity contribution in [1.29, 1.82) is 0 Å². The van der Waals surface area contributed by atoms with Crippen molar-refractivity contribution in [3.63, 3.8) is 0 Å². The van der Waals surface area contributed by atoms with Gasteiger partial charge >= 0.3 is 0 Å². The Labute approximate surface area is 111 Å². The lowest BCUT2D eigenvalue weighted by molar-refractivity contribution is 0.899. The van der Waals surface area contributed by atoms with Gasteiger partial charge in [0.1, 0.15) is 5.82 Å². The van der Waals surface area contributed by atoms with Crippen LogP contribution in [0.1, 0.15) is 31.0 Å². The SMILES string of the molecule is CCCNc1nc(-c2cccs2)nc2c1CCC2. The largest absolute Gasteiger partial charge is 0.370 e. The molecule has 0 amide bonds. The summed E-state index contributed by atoms with van der Waals surface area (Å²) in [4.78, 5) is 10.6. The third kappa shape index (κ3) is 2.12. The Balaban J connectivity index is 2.02. The van der Waals surface area contributed by atoms with Crippen molar-refractivity contribution >= 4 is 17.2 Å². The van der Waals surface area contributed by atoms with Crippen molar-refractivity contribution in [2.75, 3.05) is 11.9 Å². The van der Waals surface area contributed by atoms with Crippen LogP contribution in [0.25, 0.3) is 10.7 Å². The average Bonchev–Trinajstić information content (AvgIpc) is 3.05. The van der Waals surface area contributed by atoms with E-state index in [9.17, 15) is 0 Å². The molecule has 0 aromatic carbocycles. The van der Waals surface area contributed by atoms with Crippen LogP contribution < -0.4 is 5.32 Å². The van der Waals surface area contributed by atoms with E-state index in [1.54, 1.807) is 11.3 Å². The molecule has 0 saturated heterocycles. The molecule has 4 heteroatoms. The molecule has 0 spiro atoms. The van der Waals surface area contributed by atoms with Crippen molar-refractivity contribution in [3.8, 4) is 10.7 Å². The molecule has 1 N–H and O–H groups in total. The zero-order valence-corrected chi connectivity index (χ0v) is 11.4. The second-order valence-corrected chi connectivity index (χ2v) is 5.53. The number of hydrogen-bond acceptors (Lipinski definition) is 4. The van der Waals surface area contributed by atoms with E-state index in [1.807, 2.05) is 0 Å². The maximum absolute atomic E-state index is 4.72. The van der Waals surface area contributed by atoms with Gasteiger partial charge in [0.25, 0.3) is 0 Å². The lowest BCUT2D eigenvalue weighted by Crippen LogP contribution is -2.07. The monoisotopic (exact) mass is 259 g/mol. The van der Waals surface area contributed by atoms with E-state index in [2.05, 4.69) is 29.8 Å². The Bertz CT molecular complexity index is 534. The molecule has 0 radical (unpaired) electrons. The number of fused-ring (bicyclic) bond motifs is 1. The van der Waals surface area contributed by atoms with Crippen LogP contribution in [0.15, 0.2) is 17.5 Å². The van der Waals surface area contributed by atoms with Crippen LogP contribution in [0.4, 0.5) is 5.82 Å². The van der Waals surface area contributed by atoms with Gasteiger partial charge in [0, 0.05) is 17.8 Å². The number of aryl methyl sites for hydroxylation is 1. The second-order valence-electron chi connectivity index (χ2n) is 4.58. The Kier molecular flexibility index (Phi) is 3.28. The van der Waals surface area contributed by atoms with E-state index in [1.165, 1.54) is 17.7 Å². The van der Waals surface area contributed by atoms with Gasteiger partial charge in [0.2, 0.25) is 0 Å². The van der Waals surface area contributed by atoms with Gasteiger partial charge in [0.05, 0.1) is 4.88 Å². The summed E-state index contributed by atoms with van der Waals surface area (Å²) >= 11 is 1.70. The highest BCUT2D eigenvalue weighted by Gasteiger charge is 2.19. The van der Waals surface area contributed by atoms with Gasteiger partial charge in [-0.1, -0.05) is 13.0 Å². The van der Waals surface area contributed by atoms with E-state index in [0.29, 0.717) is 0 Å². The topological polar surface area (TPSA) is 37.8 Å². The molecule has 18 heavy (non-hydrogen) atoms. The van der Waals surface area contributed by atoms with Crippen LogP contribution >= 0.6 is 11.3 Å². The van der Waals surface area contributed by atoms with E-state index >= 15 is 0 Å². The van der Waals surface area contributed by atoms with Crippen LogP contribution in [-0.2, 0) is 12.8 Å². The summed E-state index contributed by atoms with van der Waals surface area (Å²) in [6.45, 7) is 3.15. The lowest BCUT2D eigenvalue weighted by atomic mass is 10.2. The van der Waals surface area contributed by atoms with Gasteiger partial charge in [-0.05, 0) is 37.1 Å². The molecule has 0 atom stereocenters. The quantitative estimate of drug-likeness (QED) is 0.913. The van der Waals surface area contributed by atoms with Crippen LogP contribution in [0.2, 0.25) is 0 Å².